The third kappa shape index (κ3) is 4.77. The zero-order valence-electron chi connectivity index (χ0n) is 14.9. The normalized spacial score (nSPS) is 10.8. The monoisotopic (exact) mass is 383 g/mol. The number of aryl methyl sites for hydroxylation is 1. The van der Waals surface area contributed by atoms with E-state index in [0.29, 0.717) is 6.42 Å². The topological polar surface area (TPSA) is 54.9 Å². The van der Waals surface area contributed by atoms with E-state index >= 15 is 0 Å². The molecule has 1 heterocycles. The van der Waals surface area contributed by atoms with Crippen molar-refractivity contribution >= 4 is 46.2 Å². The van der Waals surface area contributed by atoms with Crippen LogP contribution in [-0.2, 0) is 10.5 Å². The highest BCUT2D eigenvalue weighted by Crippen LogP contribution is 2.25. The molecule has 3 aromatic rings. The van der Waals surface area contributed by atoms with Gasteiger partial charge in [-0.3, -0.25) is 4.79 Å². The van der Waals surface area contributed by atoms with Crippen LogP contribution >= 0.6 is 23.5 Å². The number of nitrogens with zero attached hydrogens (tertiary/aromatic N) is 2. The molecule has 0 radical (unpaired) electrons. The highest BCUT2D eigenvalue weighted by Gasteiger charge is 2.08. The average Bonchev–Trinajstić information content (AvgIpc) is 2.66. The van der Waals surface area contributed by atoms with Crippen LogP contribution in [0.5, 0.6) is 0 Å². The number of hydrogen-bond acceptors (Lipinski definition) is 5. The van der Waals surface area contributed by atoms with Crippen LogP contribution in [0.2, 0.25) is 0 Å². The number of rotatable bonds is 7. The number of nitrogens with one attached hydrogen (secondary N) is 1. The van der Waals surface area contributed by atoms with Gasteiger partial charge in [0.2, 0.25) is 5.91 Å². The summed E-state index contributed by atoms with van der Waals surface area (Å²) in [4.78, 5) is 22.6. The van der Waals surface area contributed by atoms with Crippen molar-refractivity contribution in [1.29, 1.82) is 0 Å². The van der Waals surface area contributed by atoms with Crippen LogP contribution in [0.1, 0.15) is 17.8 Å². The van der Waals surface area contributed by atoms with Gasteiger partial charge in [0, 0.05) is 22.8 Å². The summed E-state index contributed by atoms with van der Waals surface area (Å²) in [6.45, 7) is 1.99. The van der Waals surface area contributed by atoms with Gasteiger partial charge in [-0.25, -0.2) is 9.97 Å². The Bertz CT molecular complexity index is 914. The van der Waals surface area contributed by atoms with Gasteiger partial charge in [-0.2, -0.15) is 11.8 Å². The summed E-state index contributed by atoms with van der Waals surface area (Å²) >= 11 is 3.34. The summed E-state index contributed by atoms with van der Waals surface area (Å²) in [5.41, 5.74) is 4.66. The fraction of sp³-hybridized carbons (Fsp3) is 0.250. The molecule has 2 aromatic carbocycles. The van der Waals surface area contributed by atoms with Gasteiger partial charge in [0.25, 0.3) is 0 Å². The molecule has 134 valence electrons. The number of carbonyl (C=O) groups is 1. The second-order valence-electron chi connectivity index (χ2n) is 5.80. The number of carbonyl (C=O) groups excluding carboxylic acids is 1. The Labute approximate surface area is 162 Å². The van der Waals surface area contributed by atoms with Gasteiger partial charge in [-0.1, -0.05) is 24.3 Å². The Kier molecular flexibility index (Phi) is 6.52. The molecule has 0 saturated heterocycles. The lowest BCUT2D eigenvalue weighted by Gasteiger charge is -2.09. The summed E-state index contributed by atoms with van der Waals surface area (Å²) < 4.78 is 0. The van der Waals surface area contributed by atoms with Crippen molar-refractivity contribution in [3.8, 4) is 0 Å². The Morgan fingerprint density at radius 2 is 1.73 bits per heavy atom. The highest BCUT2D eigenvalue weighted by molar-refractivity contribution is 7.98. The van der Waals surface area contributed by atoms with Crippen molar-refractivity contribution in [2.24, 2.45) is 0 Å². The summed E-state index contributed by atoms with van der Waals surface area (Å²) in [5, 5.41) is 2.99. The Morgan fingerprint density at radius 1 is 1.04 bits per heavy atom. The molecule has 0 bridgehead atoms. The van der Waals surface area contributed by atoms with Gasteiger partial charge in [0.1, 0.15) is 0 Å². The van der Waals surface area contributed by atoms with Crippen LogP contribution in [-0.4, -0.2) is 27.9 Å². The number of fused-ring (bicyclic) bond motifs is 1. The maximum Gasteiger partial charge on any atom is 0.225 e. The molecular weight excluding hydrogens is 362 g/mol. The van der Waals surface area contributed by atoms with E-state index in [4.69, 9.17) is 4.98 Å². The van der Waals surface area contributed by atoms with E-state index in [1.807, 2.05) is 61.7 Å². The van der Waals surface area contributed by atoms with Crippen LogP contribution in [0.3, 0.4) is 0 Å². The predicted molar refractivity (Wildman–Crippen MR) is 112 cm³/mol. The SMILES string of the molecule is CSc1ccccc1NC(=O)CCSCc1nc2ccccc2nc1C. The number of hydrogen-bond donors (Lipinski definition) is 1. The van der Waals surface area contributed by atoms with Gasteiger partial charge in [0.05, 0.1) is 28.1 Å². The molecule has 1 aromatic heterocycles. The molecule has 0 saturated carbocycles. The second kappa shape index (κ2) is 9.05. The number of amides is 1. The summed E-state index contributed by atoms with van der Waals surface area (Å²) in [5.74, 6) is 1.56. The lowest BCUT2D eigenvalue weighted by Crippen LogP contribution is -2.12. The second-order valence-corrected chi connectivity index (χ2v) is 7.75. The minimum atomic E-state index is 0.0420. The van der Waals surface area contributed by atoms with Crippen LogP contribution in [0.15, 0.2) is 53.4 Å². The average molecular weight is 384 g/mol. The maximum atomic E-state index is 12.2. The number of para-hydroxylation sites is 3. The first kappa shape index (κ1) is 18.7. The van der Waals surface area contributed by atoms with E-state index < -0.39 is 0 Å². The summed E-state index contributed by atoms with van der Waals surface area (Å²) in [6.07, 6.45) is 2.49. The molecule has 1 amide bonds. The standard InChI is InChI=1S/C20H21N3OS2/c1-14-18(22-16-8-4-3-7-15(16)21-14)13-26-12-11-20(24)23-17-9-5-6-10-19(17)25-2/h3-10H,11-13H2,1-2H3,(H,23,24). The van der Waals surface area contributed by atoms with Crippen LogP contribution < -0.4 is 5.32 Å². The number of thioether (sulfide) groups is 2. The minimum absolute atomic E-state index is 0.0420. The molecule has 1 N–H and O–H groups in total. The molecule has 0 atom stereocenters. The van der Waals surface area contributed by atoms with E-state index in [1.165, 1.54) is 0 Å². The summed E-state index contributed by atoms with van der Waals surface area (Å²) in [7, 11) is 0. The molecule has 0 spiro atoms. The highest BCUT2D eigenvalue weighted by atomic mass is 32.2. The van der Waals surface area contributed by atoms with Crippen molar-refractivity contribution in [3.05, 3.63) is 59.9 Å². The third-order valence-corrected chi connectivity index (χ3v) is 5.70. The van der Waals surface area contributed by atoms with Crippen molar-refractivity contribution in [2.45, 2.75) is 24.0 Å². The molecule has 0 aliphatic carbocycles. The number of benzene rings is 2. The Balaban J connectivity index is 1.51. The minimum Gasteiger partial charge on any atom is -0.325 e. The van der Waals surface area contributed by atoms with Crippen molar-refractivity contribution in [1.82, 2.24) is 9.97 Å². The first-order chi connectivity index (χ1) is 12.7. The van der Waals surface area contributed by atoms with Gasteiger partial charge in [0.15, 0.2) is 0 Å². The van der Waals surface area contributed by atoms with Crippen molar-refractivity contribution in [2.75, 3.05) is 17.3 Å². The largest absolute Gasteiger partial charge is 0.325 e. The molecular formula is C20H21N3OS2. The smallest absolute Gasteiger partial charge is 0.225 e. The van der Waals surface area contributed by atoms with Gasteiger partial charge < -0.3 is 5.32 Å². The first-order valence-corrected chi connectivity index (χ1v) is 10.8. The van der Waals surface area contributed by atoms with Crippen LogP contribution in [0.25, 0.3) is 11.0 Å². The molecule has 6 heteroatoms. The Hall–Kier alpha value is -2.05. The maximum absolute atomic E-state index is 12.2. The lowest BCUT2D eigenvalue weighted by molar-refractivity contribution is -0.115. The molecule has 3 rings (SSSR count). The van der Waals surface area contributed by atoms with Crippen LogP contribution in [0, 0.1) is 6.92 Å². The Morgan fingerprint density at radius 3 is 2.50 bits per heavy atom. The van der Waals surface area contributed by atoms with Gasteiger partial charge >= 0.3 is 0 Å². The molecule has 4 nitrogen and oxygen atoms in total. The fourth-order valence-corrected chi connectivity index (χ4v) is 4.05. The summed E-state index contributed by atoms with van der Waals surface area (Å²) in [6, 6.07) is 15.8. The van der Waals surface area contributed by atoms with Crippen LogP contribution in [0.4, 0.5) is 5.69 Å². The predicted octanol–water partition coefficient (Wildman–Crippen LogP) is 4.92. The fourth-order valence-electron chi connectivity index (χ4n) is 2.56. The zero-order valence-corrected chi connectivity index (χ0v) is 16.5. The molecule has 0 unspecified atom stereocenters. The zero-order chi connectivity index (χ0) is 18.4. The van der Waals surface area contributed by atoms with Gasteiger partial charge in [-0.15, -0.1) is 11.8 Å². The third-order valence-electron chi connectivity index (χ3n) is 3.94. The van der Waals surface area contributed by atoms with E-state index in [9.17, 15) is 4.79 Å². The molecule has 0 aliphatic heterocycles. The van der Waals surface area contributed by atoms with Crippen molar-refractivity contribution < 1.29 is 4.79 Å². The number of anilines is 1. The first-order valence-electron chi connectivity index (χ1n) is 8.40. The van der Waals surface area contributed by atoms with E-state index in [2.05, 4.69) is 10.3 Å². The lowest BCUT2D eigenvalue weighted by atomic mass is 10.2. The quantitative estimate of drug-likeness (QED) is 0.463. The number of aromatic nitrogens is 2. The van der Waals surface area contributed by atoms with E-state index in [0.717, 1.165) is 44.5 Å². The van der Waals surface area contributed by atoms with E-state index in [-0.39, 0.29) is 5.91 Å². The molecule has 26 heavy (non-hydrogen) atoms. The van der Waals surface area contributed by atoms with Gasteiger partial charge in [-0.05, 0) is 37.4 Å². The molecule has 0 fully saturated rings. The van der Waals surface area contributed by atoms with E-state index in [1.54, 1.807) is 23.5 Å². The molecule has 0 aliphatic rings. The van der Waals surface area contributed by atoms with Crippen molar-refractivity contribution in [3.63, 3.8) is 0 Å².